The van der Waals surface area contributed by atoms with Crippen LogP contribution in [0.2, 0.25) is 0 Å². The minimum Gasteiger partial charge on any atom is -0.494 e. The third kappa shape index (κ3) is 2.05. The molecule has 6 heteroatoms. The lowest BCUT2D eigenvalue weighted by molar-refractivity contribution is 0.387. The van der Waals surface area contributed by atoms with E-state index in [0.29, 0.717) is 10.3 Å². The molecular weight excluding hydrogens is 295 g/mol. The van der Waals surface area contributed by atoms with E-state index in [0.717, 1.165) is 5.52 Å². The zero-order valence-corrected chi connectivity index (χ0v) is 12.6. The van der Waals surface area contributed by atoms with E-state index in [1.165, 1.54) is 18.1 Å². The topological polar surface area (TPSA) is 29.9 Å². The molecule has 1 unspecified atom stereocenters. The van der Waals surface area contributed by atoms with E-state index in [-0.39, 0.29) is 11.8 Å². The molecule has 1 N–H and O–H groups in total. The van der Waals surface area contributed by atoms with E-state index in [1.54, 1.807) is 17.4 Å². The summed E-state index contributed by atoms with van der Waals surface area (Å²) in [7, 11) is 1.46. The molecule has 0 bridgehead atoms. The molecule has 20 heavy (non-hydrogen) atoms. The molecule has 1 aromatic carbocycles. The number of hydrogen-bond donors (Lipinski definition) is 1. The Kier molecular flexibility index (Phi) is 3.35. The standard InChI is InChI=1S/C14H13FN2OS2/c1-8(13-4-3-5-20-13)17-11-7-12(18-2)9(15)6-10(11)16-14(17)19/h3-8H,1-2H3,(H,16,19). The first kappa shape index (κ1) is 13.3. The van der Waals surface area contributed by atoms with Crippen molar-refractivity contribution in [3.05, 3.63) is 45.1 Å². The van der Waals surface area contributed by atoms with E-state index >= 15 is 0 Å². The number of aromatic amines is 1. The number of H-pyrrole nitrogens is 1. The van der Waals surface area contributed by atoms with Gasteiger partial charge in [0, 0.05) is 17.0 Å². The van der Waals surface area contributed by atoms with E-state index in [4.69, 9.17) is 17.0 Å². The van der Waals surface area contributed by atoms with Gasteiger partial charge in [-0.3, -0.25) is 0 Å². The van der Waals surface area contributed by atoms with Crippen molar-refractivity contribution in [3.8, 4) is 5.75 Å². The Labute approximate surface area is 124 Å². The number of methoxy groups -OCH3 is 1. The average molecular weight is 308 g/mol. The normalized spacial score (nSPS) is 12.8. The fraction of sp³-hybridized carbons (Fsp3) is 0.214. The third-order valence-electron chi connectivity index (χ3n) is 3.33. The van der Waals surface area contributed by atoms with Crippen LogP contribution >= 0.6 is 23.6 Å². The van der Waals surface area contributed by atoms with Crippen molar-refractivity contribution >= 4 is 34.6 Å². The maximum absolute atomic E-state index is 13.7. The number of nitrogens with one attached hydrogen (secondary N) is 1. The van der Waals surface area contributed by atoms with Gasteiger partial charge in [-0.2, -0.15) is 0 Å². The zero-order chi connectivity index (χ0) is 14.3. The molecular formula is C14H13FN2OS2. The predicted molar refractivity (Wildman–Crippen MR) is 81.8 cm³/mol. The van der Waals surface area contributed by atoms with Crippen LogP contribution in [0.5, 0.6) is 5.75 Å². The van der Waals surface area contributed by atoms with E-state index in [1.807, 2.05) is 16.0 Å². The fourth-order valence-corrected chi connectivity index (χ4v) is 3.46. The summed E-state index contributed by atoms with van der Waals surface area (Å²) in [5.41, 5.74) is 1.52. The predicted octanol–water partition coefficient (Wildman–Crippen LogP) is 4.52. The lowest BCUT2D eigenvalue weighted by Crippen LogP contribution is -2.05. The molecule has 0 saturated carbocycles. The number of rotatable bonds is 3. The highest BCUT2D eigenvalue weighted by molar-refractivity contribution is 7.71. The van der Waals surface area contributed by atoms with Crippen molar-refractivity contribution in [1.82, 2.24) is 9.55 Å². The minimum atomic E-state index is -0.396. The molecule has 0 aliphatic rings. The summed E-state index contributed by atoms with van der Waals surface area (Å²) in [6.45, 7) is 2.07. The van der Waals surface area contributed by atoms with Crippen LogP contribution in [0.15, 0.2) is 29.6 Å². The first-order chi connectivity index (χ1) is 9.61. The molecule has 3 rings (SSSR count). The van der Waals surface area contributed by atoms with Gasteiger partial charge < -0.3 is 14.3 Å². The summed E-state index contributed by atoms with van der Waals surface area (Å²) >= 11 is 7.05. The van der Waals surface area contributed by atoms with Gasteiger partial charge in [0.25, 0.3) is 0 Å². The van der Waals surface area contributed by atoms with Gasteiger partial charge in [0.15, 0.2) is 16.3 Å². The van der Waals surface area contributed by atoms with Crippen LogP contribution in [0, 0.1) is 10.6 Å². The lowest BCUT2D eigenvalue weighted by atomic mass is 10.2. The SMILES string of the molecule is COc1cc2c(cc1F)[nH]c(=S)n2C(C)c1cccs1. The maximum atomic E-state index is 13.7. The van der Waals surface area contributed by atoms with Gasteiger partial charge in [0.1, 0.15) is 0 Å². The number of imidazole rings is 1. The summed E-state index contributed by atoms with van der Waals surface area (Å²) in [5, 5.41) is 2.03. The van der Waals surface area contributed by atoms with E-state index < -0.39 is 5.82 Å². The number of thiophene rings is 1. The van der Waals surface area contributed by atoms with Crippen molar-refractivity contribution in [2.24, 2.45) is 0 Å². The Morgan fingerprint density at radius 2 is 2.25 bits per heavy atom. The largest absolute Gasteiger partial charge is 0.494 e. The second-order valence-electron chi connectivity index (χ2n) is 4.50. The molecule has 1 atom stereocenters. The molecule has 3 nitrogen and oxygen atoms in total. The van der Waals surface area contributed by atoms with Crippen LogP contribution in [0.4, 0.5) is 4.39 Å². The van der Waals surface area contributed by atoms with Crippen LogP contribution in [-0.4, -0.2) is 16.7 Å². The average Bonchev–Trinajstić information content (AvgIpc) is 3.03. The second-order valence-corrected chi connectivity index (χ2v) is 5.86. The molecule has 2 heterocycles. The van der Waals surface area contributed by atoms with Crippen LogP contribution < -0.4 is 4.74 Å². The van der Waals surface area contributed by atoms with E-state index in [2.05, 4.69) is 18.0 Å². The summed E-state index contributed by atoms with van der Waals surface area (Å²) in [4.78, 5) is 4.25. The quantitative estimate of drug-likeness (QED) is 0.721. The number of aromatic nitrogens is 2. The van der Waals surface area contributed by atoms with Crippen molar-refractivity contribution in [1.29, 1.82) is 0 Å². The van der Waals surface area contributed by atoms with Gasteiger partial charge in [-0.1, -0.05) is 6.07 Å². The lowest BCUT2D eigenvalue weighted by Gasteiger charge is -2.13. The van der Waals surface area contributed by atoms with Crippen LogP contribution in [0.25, 0.3) is 11.0 Å². The number of halogens is 1. The Hall–Kier alpha value is -1.66. The van der Waals surface area contributed by atoms with Gasteiger partial charge in [-0.15, -0.1) is 11.3 Å². The molecule has 0 spiro atoms. The number of nitrogens with zero attached hydrogens (tertiary/aromatic N) is 1. The minimum absolute atomic E-state index is 0.0893. The highest BCUT2D eigenvalue weighted by Gasteiger charge is 2.16. The van der Waals surface area contributed by atoms with Crippen molar-refractivity contribution < 1.29 is 9.13 Å². The van der Waals surface area contributed by atoms with Crippen molar-refractivity contribution in [2.45, 2.75) is 13.0 Å². The fourth-order valence-electron chi connectivity index (χ4n) is 2.32. The number of benzene rings is 1. The van der Waals surface area contributed by atoms with Crippen LogP contribution in [0.1, 0.15) is 17.8 Å². The van der Waals surface area contributed by atoms with Gasteiger partial charge in [0.2, 0.25) is 0 Å². The molecule has 104 valence electrons. The third-order valence-corrected chi connectivity index (χ3v) is 4.67. The van der Waals surface area contributed by atoms with Crippen molar-refractivity contribution in [3.63, 3.8) is 0 Å². The number of hydrogen-bond acceptors (Lipinski definition) is 3. The second kappa shape index (κ2) is 5.03. The molecule has 0 amide bonds. The Morgan fingerprint density at radius 1 is 1.45 bits per heavy atom. The van der Waals surface area contributed by atoms with Gasteiger partial charge in [-0.25, -0.2) is 4.39 Å². The molecule has 0 fully saturated rings. The molecule has 2 aromatic heterocycles. The smallest absolute Gasteiger partial charge is 0.178 e. The summed E-state index contributed by atoms with van der Waals surface area (Å²) in [5.74, 6) is -0.175. The number of ether oxygens (including phenoxy) is 1. The highest BCUT2D eigenvalue weighted by Crippen LogP contribution is 2.30. The van der Waals surface area contributed by atoms with Gasteiger partial charge in [-0.05, 0) is 30.6 Å². The first-order valence-corrected chi connectivity index (χ1v) is 7.41. The molecule has 0 aliphatic heterocycles. The summed E-state index contributed by atoms with van der Waals surface area (Å²) in [6.07, 6.45) is 0. The Bertz CT molecular complexity index is 805. The van der Waals surface area contributed by atoms with Gasteiger partial charge in [0.05, 0.1) is 24.2 Å². The van der Waals surface area contributed by atoms with Gasteiger partial charge >= 0.3 is 0 Å². The molecule has 3 aromatic rings. The molecule has 0 radical (unpaired) electrons. The van der Waals surface area contributed by atoms with Crippen LogP contribution in [-0.2, 0) is 0 Å². The van der Waals surface area contributed by atoms with Crippen molar-refractivity contribution in [2.75, 3.05) is 7.11 Å². The Morgan fingerprint density at radius 3 is 2.90 bits per heavy atom. The molecule has 0 aliphatic carbocycles. The zero-order valence-electron chi connectivity index (χ0n) is 11.0. The Balaban J connectivity index is 2.25. The van der Waals surface area contributed by atoms with Crippen LogP contribution in [0.3, 0.4) is 0 Å². The number of fused-ring (bicyclic) bond motifs is 1. The monoisotopic (exact) mass is 308 g/mol. The maximum Gasteiger partial charge on any atom is 0.178 e. The summed E-state index contributed by atoms with van der Waals surface area (Å²) in [6, 6.07) is 7.26. The van der Waals surface area contributed by atoms with E-state index in [9.17, 15) is 4.39 Å². The summed E-state index contributed by atoms with van der Waals surface area (Å²) < 4.78 is 21.4. The first-order valence-electron chi connectivity index (χ1n) is 6.13. The highest BCUT2D eigenvalue weighted by atomic mass is 32.1. The molecule has 0 saturated heterocycles.